The molecule has 0 radical (unpaired) electrons. The van der Waals surface area contributed by atoms with Crippen molar-refractivity contribution in [3.8, 4) is 0 Å². The molecule has 2 N–H and O–H groups in total. The molecule has 0 unspecified atom stereocenters. The van der Waals surface area contributed by atoms with Crippen LogP contribution in [0.25, 0.3) is 0 Å². The van der Waals surface area contributed by atoms with Crippen LogP contribution in [-0.4, -0.2) is 15.3 Å². The summed E-state index contributed by atoms with van der Waals surface area (Å²) >= 11 is 0. The number of hydrogen-bond donors (Lipinski definition) is 1. The number of rotatable bonds is 3. The third kappa shape index (κ3) is 3.25. The lowest BCUT2D eigenvalue weighted by Gasteiger charge is -2.14. The van der Waals surface area contributed by atoms with Gasteiger partial charge in [-0.1, -0.05) is 12.2 Å². The molecule has 0 fully saturated rings. The van der Waals surface area contributed by atoms with Crippen molar-refractivity contribution >= 4 is 5.82 Å². The highest BCUT2D eigenvalue weighted by atomic mass is 19.4. The Bertz CT molecular complexity index is 584. The van der Waals surface area contributed by atoms with Crippen LogP contribution in [0.5, 0.6) is 0 Å². The Morgan fingerprint density at radius 1 is 1.39 bits per heavy atom. The predicted octanol–water partition coefficient (Wildman–Crippen LogP) is 0.731. The number of nitrogens with two attached hydrogens (primary N) is 1. The number of hydrogen-bond acceptors (Lipinski definition) is 3. The van der Waals surface area contributed by atoms with Crippen LogP contribution >= 0.6 is 0 Å². The predicted molar refractivity (Wildman–Crippen MR) is 60.2 cm³/mol. The van der Waals surface area contributed by atoms with Crippen molar-refractivity contribution < 1.29 is 13.2 Å². The lowest BCUT2D eigenvalue weighted by Crippen LogP contribution is -2.42. The van der Waals surface area contributed by atoms with Gasteiger partial charge in [0.1, 0.15) is 12.4 Å². The summed E-state index contributed by atoms with van der Waals surface area (Å²) in [5.74, 6) is -0.514. The molecule has 0 atom stereocenters. The molecule has 0 aliphatic carbocycles. The first-order chi connectivity index (χ1) is 8.11. The second kappa shape index (κ2) is 4.71. The van der Waals surface area contributed by atoms with Gasteiger partial charge in [-0.3, -0.25) is 13.9 Å². The minimum Gasteiger partial charge on any atom is -0.385 e. The molecule has 0 bridgehead atoms. The molecule has 0 saturated carbocycles. The quantitative estimate of drug-likeness (QED) is 0.817. The standard InChI is InChI=1S/C10H12F3N3O2/c1-6(2)4-15-8(17)3-7(14)16(9(15)18)5-10(11,12)13/h3H,1,4-5,14H2,2H3. The van der Waals surface area contributed by atoms with Crippen molar-refractivity contribution in [1.82, 2.24) is 9.13 Å². The van der Waals surface area contributed by atoms with E-state index in [2.05, 4.69) is 6.58 Å². The first-order valence-electron chi connectivity index (χ1n) is 4.93. The van der Waals surface area contributed by atoms with Gasteiger partial charge in [0.25, 0.3) is 5.56 Å². The number of nitrogen functional groups attached to an aromatic ring is 1. The summed E-state index contributed by atoms with van der Waals surface area (Å²) in [6.07, 6.45) is -4.59. The molecular weight excluding hydrogens is 251 g/mol. The maximum Gasteiger partial charge on any atom is 0.406 e. The highest BCUT2D eigenvalue weighted by Crippen LogP contribution is 2.17. The fraction of sp³-hybridized carbons (Fsp3) is 0.400. The summed E-state index contributed by atoms with van der Waals surface area (Å²) in [6, 6.07) is 0.788. The normalized spacial score (nSPS) is 11.6. The smallest absolute Gasteiger partial charge is 0.385 e. The van der Waals surface area contributed by atoms with Crippen LogP contribution in [0.1, 0.15) is 6.92 Å². The number of alkyl halides is 3. The van der Waals surface area contributed by atoms with E-state index in [4.69, 9.17) is 5.73 Å². The van der Waals surface area contributed by atoms with Crippen LogP contribution in [-0.2, 0) is 13.1 Å². The van der Waals surface area contributed by atoms with E-state index >= 15 is 0 Å². The lowest BCUT2D eigenvalue weighted by atomic mass is 10.3. The van der Waals surface area contributed by atoms with Gasteiger partial charge in [0, 0.05) is 6.07 Å². The maximum absolute atomic E-state index is 12.3. The third-order valence-electron chi connectivity index (χ3n) is 2.08. The second-order valence-electron chi connectivity index (χ2n) is 3.93. The van der Waals surface area contributed by atoms with Crippen LogP contribution in [0.4, 0.5) is 19.0 Å². The van der Waals surface area contributed by atoms with Crippen molar-refractivity contribution in [3.05, 3.63) is 39.1 Å². The molecule has 0 amide bonds. The molecule has 100 valence electrons. The summed E-state index contributed by atoms with van der Waals surface area (Å²) in [5, 5.41) is 0. The zero-order valence-corrected chi connectivity index (χ0v) is 9.62. The second-order valence-corrected chi connectivity index (χ2v) is 3.93. The SMILES string of the molecule is C=C(C)Cn1c(=O)cc(N)n(CC(F)(F)F)c1=O. The number of halogens is 3. The molecular formula is C10H12F3N3O2. The van der Waals surface area contributed by atoms with E-state index in [1.165, 1.54) is 0 Å². The minimum absolute atomic E-state index is 0.143. The van der Waals surface area contributed by atoms with Gasteiger partial charge in [-0.25, -0.2) is 4.79 Å². The van der Waals surface area contributed by atoms with Gasteiger partial charge >= 0.3 is 11.9 Å². The number of aromatic nitrogens is 2. The maximum atomic E-state index is 12.3. The molecule has 0 saturated heterocycles. The van der Waals surface area contributed by atoms with Gasteiger partial charge in [-0.15, -0.1) is 0 Å². The van der Waals surface area contributed by atoms with Crippen LogP contribution in [0.2, 0.25) is 0 Å². The fourth-order valence-corrected chi connectivity index (χ4v) is 1.39. The van der Waals surface area contributed by atoms with Crippen molar-refractivity contribution in [2.24, 2.45) is 0 Å². The van der Waals surface area contributed by atoms with Gasteiger partial charge < -0.3 is 5.73 Å². The first-order valence-corrected chi connectivity index (χ1v) is 4.93. The lowest BCUT2D eigenvalue weighted by molar-refractivity contribution is -0.141. The van der Waals surface area contributed by atoms with Gasteiger partial charge in [0.05, 0.1) is 6.54 Å². The summed E-state index contributed by atoms with van der Waals surface area (Å²) in [7, 11) is 0. The Balaban J connectivity index is 3.41. The number of nitrogens with zero attached hydrogens (tertiary/aromatic N) is 2. The van der Waals surface area contributed by atoms with Crippen molar-refractivity contribution in [2.45, 2.75) is 26.2 Å². The Hall–Kier alpha value is -1.99. The summed E-state index contributed by atoms with van der Waals surface area (Å²) in [4.78, 5) is 23.2. The highest BCUT2D eigenvalue weighted by Gasteiger charge is 2.30. The van der Waals surface area contributed by atoms with Crippen molar-refractivity contribution in [2.75, 3.05) is 5.73 Å². The zero-order valence-electron chi connectivity index (χ0n) is 9.62. The van der Waals surface area contributed by atoms with E-state index < -0.39 is 29.8 Å². The third-order valence-corrected chi connectivity index (χ3v) is 2.08. The van der Waals surface area contributed by atoms with E-state index in [0.717, 1.165) is 6.07 Å². The first kappa shape index (κ1) is 14.1. The Morgan fingerprint density at radius 3 is 2.39 bits per heavy atom. The van der Waals surface area contributed by atoms with Gasteiger partial charge in [0.15, 0.2) is 0 Å². The van der Waals surface area contributed by atoms with Gasteiger partial charge in [0.2, 0.25) is 0 Å². The Kier molecular flexibility index (Phi) is 3.68. The Morgan fingerprint density at radius 2 is 1.94 bits per heavy atom. The molecule has 1 aromatic rings. The molecule has 5 nitrogen and oxygen atoms in total. The van der Waals surface area contributed by atoms with Crippen LogP contribution in [0, 0.1) is 0 Å². The molecule has 0 spiro atoms. The monoisotopic (exact) mass is 263 g/mol. The molecule has 0 aliphatic rings. The highest BCUT2D eigenvalue weighted by molar-refractivity contribution is 5.27. The molecule has 0 aromatic carbocycles. The van der Waals surface area contributed by atoms with E-state index in [1.807, 2.05) is 0 Å². The zero-order chi connectivity index (χ0) is 14.1. The van der Waals surface area contributed by atoms with Crippen LogP contribution in [0.15, 0.2) is 27.8 Å². The van der Waals surface area contributed by atoms with Crippen LogP contribution < -0.4 is 17.0 Å². The summed E-state index contributed by atoms with van der Waals surface area (Å²) in [6.45, 7) is 3.37. The molecule has 18 heavy (non-hydrogen) atoms. The van der Waals surface area contributed by atoms with Crippen LogP contribution in [0.3, 0.4) is 0 Å². The molecule has 1 aromatic heterocycles. The minimum atomic E-state index is -4.59. The summed E-state index contributed by atoms with van der Waals surface area (Å²) < 4.78 is 37.8. The molecule has 1 heterocycles. The van der Waals surface area contributed by atoms with E-state index in [1.54, 1.807) is 6.92 Å². The fourth-order valence-electron chi connectivity index (χ4n) is 1.39. The van der Waals surface area contributed by atoms with E-state index in [9.17, 15) is 22.8 Å². The number of allylic oxidation sites excluding steroid dienone is 1. The average molecular weight is 263 g/mol. The topological polar surface area (TPSA) is 70.0 Å². The van der Waals surface area contributed by atoms with Crippen molar-refractivity contribution in [1.29, 1.82) is 0 Å². The van der Waals surface area contributed by atoms with Gasteiger partial charge in [-0.2, -0.15) is 13.2 Å². The summed E-state index contributed by atoms with van der Waals surface area (Å²) in [5.41, 5.74) is 3.88. The number of anilines is 1. The Labute approximate surface area is 100.0 Å². The van der Waals surface area contributed by atoms with Crippen molar-refractivity contribution in [3.63, 3.8) is 0 Å². The average Bonchev–Trinajstić information content (AvgIpc) is 2.17. The molecule has 1 rings (SSSR count). The van der Waals surface area contributed by atoms with Gasteiger partial charge in [-0.05, 0) is 6.92 Å². The largest absolute Gasteiger partial charge is 0.406 e. The van der Waals surface area contributed by atoms with E-state index in [-0.39, 0.29) is 6.54 Å². The molecule has 8 heteroatoms. The molecule has 0 aliphatic heterocycles. The van der Waals surface area contributed by atoms with E-state index in [0.29, 0.717) is 14.7 Å².